The molecule has 2 amide bonds. The van der Waals surface area contributed by atoms with Crippen LogP contribution in [0.3, 0.4) is 0 Å². The van der Waals surface area contributed by atoms with Gasteiger partial charge in [-0.25, -0.2) is 0 Å². The molecule has 140 valence electrons. The molecule has 0 bridgehead atoms. The average Bonchev–Trinajstić information content (AvgIpc) is 2.62. The van der Waals surface area contributed by atoms with E-state index in [1.54, 1.807) is 0 Å². The minimum atomic E-state index is -0.0727. The molecule has 2 N–H and O–H groups in total. The van der Waals surface area contributed by atoms with Crippen LogP contribution in [0.1, 0.15) is 57.5 Å². The quantitative estimate of drug-likeness (QED) is 0.561. The first-order chi connectivity index (χ1) is 12.2. The second-order valence-electron chi connectivity index (χ2n) is 7.36. The first-order valence-electron chi connectivity index (χ1n) is 8.82. The molecule has 1 aromatic rings. The van der Waals surface area contributed by atoms with Crippen LogP contribution in [-0.2, 0) is 4.79 Å². The number of nitrogens with one attached hydrogen (secondary N) is 2. The summed E-state index contributed by atoms with van der Waals surface area (Å²) in [6, 6.07) is 7.51. The van der Waals surface area contributed by atoms with E-state index in [1.807, 2.05) is 63.3 Å². The fourth-order valence-electron chi connectivity index (χ4n) is 2.26. The molecular formula is C22H30N2O2. The second kappa shape index (κ2) is 9.76. The van der Waals surface area contributed by atoms with E-state index in [-0.39, 0.29) is 11.3 Å². The second-order valence-corrected chi connectivity index (χ2v) is 7.36. The van der Waals surface area contributed by atoms with Crippen LogP contribution in [0.2, 0.25) is 0 Å². The lowest BCUT2D eigenvalue weighted by molar-refractivity contribution is -0.108. The molecule has 1 rings (SSSR count). The van der Waals surface area contributed by atoms with E-state index in [1.165, 1.54) is 0 Å². The van der Waals surface area contributed by atoms with Gasteiger partial charge < -0.3 is 10.6 Å². The Morgan fingerprint density at radius 1 is 1.04 bits per heavy atom. The SMILES string of the molecule is C\C=C(/C=C(\C(C)=C\C)c1ccc(C(=O)NCC(C)(C)C)cc1)NC=O. The molecule has 0 aliphatic carbocycles. The summed E-state index contributed by atoms with van der Waals surface area (Å²) < 4.78 is 0. The van der Waals surface area contributed by atoms with Crippen LogP contribution >= 0.6 is 0 Å². The number of carbonyl (C=O) groups is 2. The minimum absolute atomic E-state index is 0.0447. The molecule has 0 heterocycles. The Labute approximate surface area is 157 Å². The van der Waals surface area contributed by atoms with Gasteiger partial charge in [-0.1, -0.05) is 45.1 Å². The molecule has 4 heteroatoms. The lowest BCUT2D eigenvalue weighted by Gasteiger charge is -2.18. The molecule has 4 nitrogen and oxygen atoms in total. The van der Waals surface area contributed by atoms with Gasteiger partial charge in [-0.15, -0.1) is 0 Å². The van der Waals surface area contributed by atoms with Gasteiger partial charge in [-0.05, 0) is 61.1 Å². The first-order valence-corrected chi connectivity index (χ1v) is 8.82. The Hall–Kier alpha value is -2.62. The standard InChI is InChI=1S/C22H30N2O2/c1-7-16(3)20(13-19(8-2)24-15-25)17-9-11-18(12-10-17)21(26)23-14-22(4,5)6/h7-13,15H,14H2,1-6H3,(H,23,26)(H,24,25)/b16-7+,19-8+,20-13+. The summed E-state index contributed by atoms with van der Waals surface area (Å²) in [6.07, 6.45) is 6.45. The topological polar surface area (TPSA) is 58.2 Å². The van der Waals surface area contributed by atoms with E-state index in [2.05, 4.69) is 31.4 Å². The normalized spacial score (nSPS) is 13.4. The molecule has 0 saturated heterocycles. The molecule has 0 aromatic heterocycles. The van der Waals surface area contributed by atoms with Gasteiger partial charge in [0.15, 0.2) is 0 Å². The highest BCUT2D eigenvalue weighted by atomic mass is 16.1. The first kappa shape index (κ1) is 21.4. The van der Waals surface area contributed by atoms with Gasteiger partial charge in [0.2, 0.25) is 6.41 Å². The van der Waals surface area contributed by atoms with E-state index < -0.39 is 0 Å². The molecule has 0 fully saturated rings. The van der Waals surface area contributed by atoms with Gasteiger partial charge in [0, 0.05) is 17.8 Å². The Bertz CT molecular complexity index is 718. The lowest BCUT2D eigenvalue weighted by Crippen LogP contribution is -2.32. The van der Waals surface area contributed by atoms with E-state index in [0.717, 1.165) is 22.4 Å². The number of amides is 2. The summed E-state index contributed by atoms with van der Waals surface area (Å²) >= 11 is 0. The maximum Gasteiger partial charge on any atom is 0.251 e. The molecule has 1 aromatic carbocycles. The fraction of sp³-hybridized carbons (Fsp3) is 0.364. The third-order valence-corrected chi connectivity index (χ3v) is 3.93. The lowest BCUT2D eigenvalue weighted by atomic mass is 9.95. The van der Waals surface area contributed by atoms with Crippen molar-refractivity contribution in [3.63, 3.8) is 0 Å². The number of carbonyl (C=O) groups excluding carboxylic acids is 2. The summed E-state index contributed by atoms with van der Waals surface area (Å²) in [4.78, 5) is 23.0. The van der Waals surface area contributed by atoms with Crippen LogP contribution in [0.25, 0.3) is 5.57 Å². The maximum atomic E-state index is 12.3. The average molecular weight is 354 g/mol. The van der Waals surface area contributed by atoms with Crippen LogP contribution < -0.4 is 10.6 Å². The summed E-state index contributed by atoms with van der Waals surface area (Å²) in [5.74, 6) is -0.0727. The van der Waals surface area contributed by atoms with E-state index in [4.69, 9.17) is 0 Å². The summed E-state index contributed by atoms with van der Waals surface area (Å²) in [5, 5.41) is 5.64. The van der Waals surface area contributed by atoms with Crippen molar-refractivity contribution in [2.24, 2.45) is 5.41 Å². The van der Waals surface area contributed by atoms with Crippen molar-refractivity contribution >= 4 is 17.9 Å². The fourth-order valence-corrected chi connectivity index (χ4v) is 2.26. The van der Waals surface area contributed by atoms with Crippen LogP contribution in [-0.4, -0.2) is 18.9 Å². The molecule has 0 aliphatic heterocycles. The van der Waals surface area contributed by atoms with Gasteiger partial charge in [0.05, 0.1) is 0 Å². The van der Waals surface area contributed by atoms with Crippen molar-refractivity contribution in [2.45, 2.75) is 41.5 Å². The van der Waals surface area contributed by atoms with E-state index in [0.29, 0.717) is 18.5 Å². The molecule has 0 aliphatic rings. The van der Waals surface area contributed by atoms with Gasteiger partial charge in [-0.2, -0.15) is 0 Å². The van der Waals surface area contributed by atoms with Crippen molar-refractivity contribution < 1.29 is 9.59 Å². The summed E-state index contributed by atoms with van der Waals surface area (Å²) in [5.41, 5.74) is 4.47. The van der Waals surface area contributed by atoms with Crippen molar-refractivity contribution in [3.05, 3.63) is 64.9 Å². The zero-order valence-corrected chi connectivity index (χ0v) is 16.6. The number of hydrogen-bond donors (Lipinski definition) is 2. The van der Waals surface area contributed by atoms with Gasteiger partial charge in [0.25, 0.3) is 5.91 Å². The number of rotatable bonds is 7. The van der Waals surface area contributed by atoms with Crippen molar-refractivity contribution in [3.8, 4) is 0 Å². The van der Waals surface area contributed by atoms with Gasteiger partial charge >= 0.3 is 0 Å². The van der Waals surface area contributed by atoms with Gasteiger partial charge in [-0.3, -0.25) is 9.59 Å². The Morgan fingerprint density at radius 2 is 1.62 bits per heavy atom. The molecular weight excluding hydrogens is 324 g/mol. The number of allylic oxidation sites excluding steroid dienone is 5. The Morgan fingerprint density at radius 3 is 2.08 bits per heavy atom. The van der Waals surface area contributed by atoms with Crippen molar-refractivity contribution in [1.29, 1.82) is 0 Å². The predicted molar refractivity (Wildman–Crippen MR) is 109 cm³/mol. The third-order valence-electron chi connectivity index (χ3n) is 3.93. The molecule has 0 atom stereocenters. The largest absolute Gasteiger partial charge is 0.352 e. The molecule has 0 radical (unpaired) electrons. The predicted octanol–water partition coefficient (Wildman–Crippen LogP) is 4.46. The zero-order chi connectivity index (χ0) is 19.7. The third kappa shape index (κ3) is 6.71. The number of benzene rings is 1. The molecule has 26 heavy (non-hydrogen) atoms. The van der Waals surface area contributed by atoms with Crippen molar-refractivity contribution in [1.82, 2.24) is 10.6 Å². The summed E-state index contributed by atoms with van der Waals surface area (Å²) in [7, 11) is 0. The van der Waals surface area contributed by atoms with Crippen LogP contribution in [0.15, 0.2) is 53.8 Å². The van der Waals surface area contributed by atoms with Crippen LogP contribution in [0, 0.1) is 5.41 Å². The summed E-state index contributed by atoms with van der Waals surface area (Å²) in [6.45, 7) is 12.7. The Kier molecular flexibility index (Phi) is 8.04. The Balaban J connectivity index is 3.10. The minimum Gasteiger partial charge on any atom is -0.352 e. The van der Waals surface area contributed by atoms with Crippen molar-refractivity contribution in [2.75, 3.05) is 6.54 Å². The number of hydrogen-bond acceptors (Lipinski definition) is 2. The van der Waals surface area contributed by atoms with Crippen LogP contribution in [0.4, 0.5) is 0 Å². The molecule has 0 spiro atoms. The highest BCUT2D eigenvalue weighted by Crippen LogP contribution is 2.24. The zero-order valence-electron chi connectivity index (χ0n) is 16.6. The van der Waals surface area contributed by atoms with E-state index in [9.17, 15) is 9.59 Å². The highest BCUT2D eigenvalue weighted by Gasteiger charge is 2.13. The highest BCUT2D eigenvalue weighted by molar-refractivity contribution is 5.94. The maximum absolute atomic E-state index is 12.3. The van der Waals surface area contributed by atoms with E-state index >= 15 is 0 Å². The molecule has 0 unspecified atom stereocenters. The smallest absolute Gasteiger partial charge is 0.251 e. The van der Waals surface area contributed by atoms with Gasteiger partial charge in [0.1, 0.15) is 0 Å². The monoisotopic (exact) mass is 354 g/mol. The van der Waals surface area contributed by atoms with Crippen LogP contribution in [0.5, 0.6) is 0 Å². The molecule has 0 saturated carbocycles.